The van der Waals surface area contributed by atoms with Crippen molar-refractivity contribution in [3.63, 3.8) is 0 Å². The van der Waals surface area contributed by atoms with Crippen molar-refractivity contribution in [3.05, 3.63) is 70.8 Å². The van der Waals surface area contributed by atoms with Crippen LogP contribution in [0.25, 0.3) is 0 Å². The first kappa shape index (κ1) is 26.1. The molecule has 186 valence electrons. The second-order valence-electron chi connectivity index (χ2n) is 8.93. The Morgan fingerprint density at radius 3 is 2.17 bits per heavy atom. The van der Waals surface area contributed by atoms with E-state index in [0.717, 1.165) is 24.0 Å². The molecule has 3 rings (SSSR count). The smallest absolute Gasteiger partial charge is 0.261 e. The van der Waals surface area contributed by atoms with Crippen molar-refractivity contribution in [1.82, 2.24) is 15.1 Å². The van der Waals surface area contributed by atoms with Gasteiger partial charge >= 0.3 is 0 Å². The lowest BCUT2D eigenvalue weighted by Gasteiger charge is -2.31. The minimum atomic E-state index is -0.585. The van der Waals surface area contributed by atoms with E-state index in [-0.39, 0.29) is 36.6 Å². The number of imide groups is 1. The van der Waals surface area contributed by atoms with Gasteiger partial charge in [-0.2, -0.15) is 0 Å². The van der Waals surface area contributed by atoms with Gasteiger partial charge in [-0.25, -0.2) is 0 Å². The highest BCUT2D eigenvalue weighted by molar-refractivity contribution is 6.21. The van der Waals surface area contributed by atoms with Crippen LogP contribution in [0.3, 0.4) is 0 Å². The Kier molecular flexibility index (Phi) is 9.18. The number of hydrogen-bond donors (Lipinski definition) is 1. The van der Waals surface area contributed by atoms with E-state index in [1.54, 1.807) is 29.2 Å². The first-order valence-corrected chi connectivity index (χ1v) is 12.5. The number of carbonyl (C=O) groups is 4. The Hall–Kier alpha value is -3.48. The summed E-state index contributed by atoms with van der Waals surface area (Å²) in [5.41, 5.74) is 2.85. The van der Waals surface area contributed by atoms with Crippen LogP contribution in [0.5, 0.6) is 0 Å². The lowest BCUT2D eigenvalue weighted by atomic mass is 10.0. The minimum absolute atomic E-state index is 0.137. The van der Waals surface area contributed by atoms with E-state index in [9.17, 15) is 19.2 Å². The minimum Gasteiger partial charge on any atom is -0.354 e. The van der Waals surface area contributed by atoms with E-state index in [4.69, 9.17) is 0 Å². The monoisotopic (exact) mass is 477 g/mol. The van der Waals surface area contributed by atoms with E-state index in [1.807, 2.05) is 38.1 Å². The van der Waals surface area contributed by atoms with E-state index in [2.05, 4.69) is 12.2 Å². The molecular weight excluding hydrogens is 442 g/mol. The third kappa shape index (κ3) is 6.15. The molecule has 0 saturated heterocycles. The first-order chi connectivity index (χ1) is 16.9. The van der Waals surface area contributed by atoms with Crippen molar-refractivity contribution >= 4 is 23.6 Å². The number of aryl methyl sites for hydroxylation is 1. The number of rotatable bonds is 12. The standard InChI is InChI=1S/C28H35N3O4/c1-4-6-17-29-26(33)24(5-2)31(19-21-13-8-7-12-20(21)3)25(32)16-11-18-30-27(34)22-14-9-10-15-23(22)28(30)35/h7-10,12-15,24H,4-6,11,16-19H2,1-3H3,(H,29,33). The van der Waals surface area contributed by atoms with Gasteiger partial charge in [-0.05, 0) is 49.4 Å². The van der Waals surface area contributed by atoms with E-state index >= 15 is 0 Å². The molecule has 1 aliphatic heterocycles. The van der Waals surface area contributed by atoms with Crippen molar-refractivity contribution in [1.29, 1.82) is 0 Å². The SMILES string of the molecule is CCCCNC(=O)C(CC)N(Cc1ccccc1C)C(=O)CCCN1C(=O)c2ccccc2C1=O. The summed E-state index contributed by atoms with van der Waals surface area (Å²) >= 11 is 0. The summed E-state index contributed by atoms with van der Waals surface area (Å²) in [6, 6.07) is 14.0. The molecule has 7 heteroatoms. The molecule has 0 fully saturated rings. The third-order valence-corrected chi connectivity index (χ3v) is 6.47. The van der Waals surface area contributed by atoms with E-state index in [1.165, 1.54) is 4.90 Å². The second kappa shape index (κ2) is 12.3. The number of nitrogens with zero attached hydrogens (tertiary/aromatic N) is 2. The van der Waals surface area contributed by atoms with Gasteiger partial charge in [0.1, 0.15) is 6.04 Å². The summed E-state index contributed by atoms with van der Waals surface area (Å²) in [5.74, 6) is -0.960. The van der Waals surface area contributed by atoms with Crippen molar-refractivity contribution in [2.45, 2.75) is 65.5 Å². The number of amides is 4. The zero-order valence-corrected chi connectivity index (χ0v) is 20.9. The van der Waals surface area contributed by atoms with Crippen LogP contribution in [-0.4, -0.2) is 52.6 Å². The maximum absolute atomic E-state index is 13.4. The third-order valence-electron chi connectivity index (χ3n) is 6.47. The number of carbonyl (C=O) groups excluding carboxylic acids is 4. The van der Waals surface area contributed by atoms with Gasteiger partial charge in [0, 0.05) is 26.1 Å². The Bertz CT molecular complexity index is 1050. The maximum atomic E-state index is 13.4. The molecule has 0 saturated carbocycles. The molecule has 35 heavy (non-hydrogen) atoms. The Morgan fingerprint density at radius 1 is 0.943 bits per heavy atom. The van der Waals surface area contributed by atoms with Crippen LogP contribution < -0.4 is 5.32 Å². The van der Waals surface area contributed by atoms with Crippen LogP contribution in [0.4, 0.5) is 0 Å². The first-order valence-electron chi connectivity index (χ1n) is 12.5. The summed E-state index contributed by atoms with van der Waals surface area (Å²) in [6.07, 6.45) is 2.82. The average molecular weight is 478 g/mol. The highest BCUT2D eigenvalue weighted by Crippen LogP contribution is 2.23. The fraction of sp³-hybridized carbons (Fsp3) is 0.429. The average Bonchev–Trinajstić information content (AvgIpc) is 3.10. The number of benzene rings is 2. The number of hydrogen-bond acceptors (Lipinski definition) is 4. The summed E-state index contributed by atoms with van der Waals surface area (Å²) < 4.78 is 0. The fourth-order valence-corrected chi connectivity index (χ4v) is 4.37. The number of fused-ring (bicyclic) bond motifs is 1. The molecule has 1 unspecified atom stereocenters. The molecule has 1 heterocycles. The predicted molar refractivity (Wildman–Crippen MR) is 135 cm³/mol. The zero-order valence-electron chi connectivity index (χ0n) is 20.9. The number of nitrogens with one attached hydrogen (secondary N) is 1. The van der Waals surface area contributed by atoms with Gasteiger partial charge in [-0.15, -0.1) is 0 Å². The van der Waals surface area contributed by atoms with Crippen LogP contribution in [0, 0.1) is 6.92 Å². The molecule has 2 aromatic carbocycles. The van der Waals surface area contributed by atoms with E-state index in [0.29, 0.717) is 37.1 Å². The van der Waals surface area contributed by atoms with Crippen LogP contribution >= 0.6 is 0 Å². The van der Waals surface area contributed by atoms with Crippen LogP contribution in [0.1, 0.15) is 77.8 Å². The van der Waals surface area contributed by atoms with Gasteiger partial charge < -0.3 is 10.2 Å². The lowest BCUT2D eigenvalue weighted by molar-refractivity contribution is -0.141. The molecule has 0 aliphatic carbocycles. The molecule has 0 aromatic heterocycles. The summed E-state index contributed by atoms with van der Waals surface area (Å²) in [4.78, 5) is 54.5. The highest BCUT2D eigenvalue weighted by Gasteiger charge is 2.35. The largest absolute Gasteiger partial charge is 0.354 e. The van der Waals surface area contributed by atoms with Crippen LogP contribution in [0.2, 0.25) is 0 Å². The van der Waals surface area contributed by atoms with Crippen molar-refractivity contribution < 1.29 is 19.2 Å². The molecule has 1 atom stereocenters. The summed E-state index contributed by atoms with van der Waals surface area (Å²) in [6.45, 7) is 7.03. The fourth-order valence-electron chi connectivity index (χ4n) is 4.37. The summed E-state index contributed by atoms with van der Waals surface area (Å²) in [5, 5.41) is 2.96. The summed E-state index contributed by atoms with van der Waals surface area (Å²) in [7, 11) is 0. The van der Waals surface area contributed by atoms with E-state index < -0.39 is 6.04 Å². The van der Waals surface area contributed by atoms with Gasteiger partial charge in [0.2, 0.25) is 11.8 Å². The quantitative estimate of drug-likeness (QED) is 0.368. The van der Waals surface area contributed by atoms with Gasteiger partial charge in [-0.1, -0.05) is 56.7 Å². The highest BCUT2D eigenvalue weighted by atomic mass is 16.2. The maximum Gasteiger partial charge on any atom is 0.261 e. The molecule has 0 spiro atoms. The van der Waals surface area contributed by atoms with Gasteiger partial charge in [-0.3, -0.25) is 24.1 Å². The molecule has 2 aromatic rings. The van der Waals surface area contributed by atoms with Crippen molar-refractivity contribution in [2.24, 2.45) is 0 Å². The van der Waals surface area contributed by atoms with Gasteiger partial charge in [0.25, 0.3) is 11.8 Å². The van der Waals surface area contributed by atoms with Crippen LogP contribution in [0.15, 0.2) is 48.5 Å². The Labute approximate surface area is 207 Å². The molecule has 0 bridgehead atoms. The zero-order chi connectivity index (χ0) is 25.4. The molecule has 7 nitrogen and oxygen atoms in total. The normalized spacial score (nSPS) is 13.5. The Morgan fingerprint density at radius 2 is 1.57 bits per heavy atom. The second-order valence-corrected chi connectivity index (χ2v) is 8.93. The van der Waals surface area contributed by atoms with Crippen molar-refractivity contribution in [2.75, 3.05) is 13.1 Å². The molecule has 4 amide bonds. The van der Waals surface area contributed by atoms with Gasteiger partial charge in [0.05, 0.1) is 11.1 Å². The Balaban J connectivity index is 1.70. The molecule has 1 N–H and O–H groups in total. The van der Waals surface area contributed by atoms with Crippen LogP contribution in [-0.2, 0) is 16.1 Å². The molecular formula is C28H35N3O4. The molecule has 0 radical (unpaired) electrons. The topological polar surface area (TPSA) is 86.8 Å². The van der Waals surface area contributed by atoms with Gasteiger partial charge in [0.15, 0.2) is 0 Å². The predicted octanol–water partition coefficient (Wildman–Crippen LogP) is 4.09. The lowest BCUT2D eigenvalue weighted by Crippen LogP contribution is -2.49. The molecule has 1 aliphatic rings. The number of unbranched alkanes of at least 4 members (excludes halogenated alkanes) is 1. The van der Waals surface area contributed by atoms with Crippen molar-refractivity contribution in [3.8, 4) is 0 Å².